The number of hydrazone groups is 1. The van der Waals surface area contributed by atoms with Crippen LogP contribution in [-0.4, -0.2) is 32.2 Å². The number of nitrogens with one attached hydrogen (secondary N) is 1. The highest BCUT2D eigenvalue weighted by molar-refractivity contribution is 7.91. The summed E-state index contributed by atoms with van der Waals surface area (Å²) in [5, 5.41) is 6.42. The second-order valence-electron chi connectivity index (χ2n) is 6.38. The highest BCUT2D eigenvalue weighted by Gasteiger charge is 2.17. The largest absolute Gasteiger partial charge is 0.466 e. The van der Waals surface area contributed by atoms with Crippen LogP contribution >= 0.6 is 11.3 Å². The molecule has 0 atom stereocenters. The summed E-state index contributed by atoms with van der Waals surface area (Å²) in [6.07, 6.45) is 1.68. The number of aryl methyl sites for hydroxylation is 1. The van der Waals surface area contributed by atoms with Gasteiger partial charge in [-0.25, -0.2) is 13.4 Å². The normalized spacial score (nSPS) is 11.5. The Morgan fingerprint density at radius 2 is 1.77 bits per heavy atom. The van der Waals surface area contributed by atoms with Crippen molar-refractivity contribution >= 4 is 38.5 Å². The molecule has 0 aliphatic heterocycles. The Bertz CT molecular complexity index is 1140. The Kier molecular flexibility index (Phi) is 6.96. The second-order valence-corrected chi connectivity index (χ2v) is 9.19. The van der Waals surface area contributed by atoms with Gasteiger partial charge in [-0.15, -0.1) is 11.3 Å². The van der Waals surface area contributed by atoms with Crippen LogP contribution in [0, 0.1) is 6.92 Å². The Labute approximate surface area is 179 Å². The minimum Gasteiger partial charge on any atom is -0.466 e. The van der Waals surface area contributed by atoms with Gasteiger partial charge >= 0.3 is 5.97 Å². The molecular weight excluding hydrogens is 422 g/mol. The molecule has 9 heteroatoms. The van der Waals surface area contributed by atoms with E-state index < -0.39 is 9.84 Å². The number of aromatic nitrogens is 1. The molecule has 0 bridgehead atoms. The molecule has 0 spiro atoms. The maximum Gasteiger partial charge on any atom is 0.311 e. The van der Waals surface area contributed by atoms with Gasteiger partial charge < -0.3 is 4.74 Å². The van der Waals surface area contributed by atoms with Crippen LogP contribution in [0.5, 0.6) is 0 Å². The van der Waals surface area contributed by atoms with Crippen molar-refractivity contribution in [1.29, 1.82) is 0 Å². The Morgan fingerprint density at radius 1 is 1.13 bits per heavy atom. The minimum absolute atomic E-state index is 0.118. The SMILES string of the molecule is CCOC(=O)Cc1csc(NN=Cc2ccc(S(=O)(=O)c3ccc(C)cc3)cc2)n1. The molecule has 0 fully saturated rings. The zero-order valence-corrected chi connectivity index (χ0v) is 18.2. The van der Waals surface area contributed by atoms with Crippen LogP contribution in [0.4, 0.5) is 5.13 Å². The quantitative estimate of drug-likeness (QED) is 0.323. The summed E-state index contributed by atoms with van der Waals surface area (Å²) in [7, 11) is -3.55. The van der Waals surface area contributed by atoms with E-state index in [1.54, 1.807) is 67.0 Å². The van der Waals surface area contributed by atoms with Gasteiger partial charge in [-0.2, -0.15) is 5.10 Å². The lowest BCUT2D eigenvalue weighted by Gasteiger charge is -2.05. The number of benzene rings is 2. The number of hydrogen-bond acceptors (Lipinski definition) is 8. The molecule has 0 aliphatic carbocycles. The molecule has 0 radical (unpaired) electrons. The molecule has 0 aliphatic rings. The number of thiazole rings is 1. The van der Waals surface area contributed by atoms with Crippen molar-refractivity contribution in [3.05, 3.63) is 70.7 Å². The maximum absolute atomic E-state index is 12.7. The number of ether oxygens (including phenoxy) is 1. The summed E-state index contributed by atoms with van der Waals surface area (Å²) in [5.41, 5.74) is 5.15. The summed E-state index contributed by atoms with van der Waals surface area (Å²) in [4.78, 5) is 16.2. The molecule has 0 saturated carbocycles. The molecule has 7 nitrogen and oxygen atoms in total. The number of anilines is 1. The summed E-state index contributed by atoms with van der Waals surface area (Å²) < 4.78 is 30.3. The average Bonchev–Trinajstić information content (AvgIpc) is 3.16. The van der Waals surface area contributed by atoms with E-state index in [0.717, 1.165) is 11.1 Å². The van der Waals surface area contributed by atoms with E-state index in [2.05, 4.69) is 15.5 Å². The average molecular weight is 444 g/mol. The van der Waals surface area contributed by atoms with E-state index in [9.17, 15) is 13.2 Å². The van der Waals surface area contributed by atoms with E-state index in [1.165, 1.54) is 11.3 Å². The van der Waals surface area contributed by atoms with Crippen molar-refractivity contribution < 1.29 is 17.9 Å². The third-order valence-corrected chi connectivity index (χ3v) is 6.66. The lowest BCUT2D eigenvalue weighted by Crippen LogP contribution is -2.07. The van der Waals surface area contributed by atoms with Crippen molar-refractivity contribution in [3.63, 3.8) is 0 Å². The molecule has 1 N–H and O–H groups in total. The number of hydrogen-bond donors (Lipinski definition) is 1. The van der Waals surface area contributed by atoms with Gasteiger partial charge in [0.25, 0.3) is 0 Å². The fourth-order valence-corrected chi connectivity index (χ4v) is 4.47. The Morgan fingerprint density at radius 3 is 2.40 bits per heavy atom. The molecule has 2 aromatic carbocycles. The fourth-order valence-electron chi connectivity index (χ4n) is 2.55. The summed E-state index contributed by atoms with van der Waals surface area (Å²) in [6.45, 7) is 4.00. The van der Waals surface area contributed by atoms with E-state index in [-0.39, 0.29) is 22.2 Å². The van der Waals surface area contributed by atoms with Crippen molar-refractivity contribution in [1.82, 2.24) is 4.98 Å². The van der Waals surface area contributed by atoms with Crippen LogP contribution in [0.1, 0.15) is 23.7 Å². The van der Waals surface area contributed by atoms with Crippen molar-refractivity contribution in [2.45, 2.75) is 30.1 Å². The number of rotatable bonds is 8. The van der Waals surface area contributed by atoms with Gasteiger partial charge in [0.05, 0.1) is 34.7 Å². The third kappa shape index (κ3) is 5.52. The zero-order valence-electron chi connectivity index (χ0n) is 16.5. The van der Waals surface area contributed by atoms with Crippen molar-refractivity contribution in [2.24, 2.45) is 5.10 Å². The van der Waals surface area contributed by atoms with E-state index in [1.807, 2.05) is 6.92 Å². The van der Waals surface area contributed by atoms with Gasteiger partial charge in [0, 0.05) is 5.38 Å². The maximum atomic E-state index is 12.7. The molecule has 0 saturated heterocycles. The second kappa shape index (κ2) is 9.64. The van der Waals surface area contributed by atoms with Crippen LogP contribution in [0.25, 0.3) is 0 Å². The number of sulfone groups is 1. The molecule has 1 aromatic heterocycles. The molecule has 0 amide bonds. The first kappa shape index (κ1) is 21.7. The van der Waals surface area contributed by atoms with Crippen LogP contribution in [0.2, 0.25) is 0 Å². The lowest BCUT2D eigenvalue weighted by molar-refractivity contribution is -0.142. The van der Waals surface area contributed by atoms with Gasteiger partial charge in [0.2, 0.25) is 15.0 Å². The summed E-state index contributed by atoms with van der Waals surface area (Å²) in [6, 6.07) is 13.2. The Hall–Kier alpha value is -3.04. The minimum atomic E-state index is -3.55. The highest BCUT2D eigenvalue weighted by Crippen LogP contribution is 2.21. The lowest BCUT2D eigenvalue weighted by atomic mass is 10.2. The Balaban J connectivity index is 1.62. The number of nitrogens with zero attached hydrogens (tertiary/aromatic N) is 2. The van der Waals surface area contributed by atoms with Crippen LogP contribution in [0.15, 0.2) is 68.8 Å². The predicted octanol–water partition coefficient (Wildman–Crippen LogP) is 3.84. The van der Waals surface area contributed by atoms with Gasteiger partial charge in [-0.1, -0.05) is 29.8 Å². The zero-order chi connectivity index (χ0) is 21.6. The molecular formula is C21H21N3O4S2. The first-order chi connectivity index (χ1) is 14.4. The molecule has 30 heavy (non-hydrogen) atoms. The molecule has 0 unspecified atom stereocenters. The number of carbonyl (C=O) groups is 1. The van der Waals surface area contributed by atoms with Gasteiger partial charge in [-0.3, -0.25) is 10.2 Å². The molecule has 1 heterocycles. The van der Waals surface area contributed by atoms with Crippen molar-refractivity contribution in [2.75, 3.05) is 12.0 Å². The summed E-state index contributed by atoms with van der Waals surface area (Å²) >= 11 is 1.33. The number of esters is 1. The van der Waals surface area contributed by atoms with Crippen molar-refractivity contribution in [3.8, 4) is 0 Å². The summed E-state index contributed by atoms with van der Waals surface area (Å²) in [5.74, 6) is -0.321. The van der Waals surface area contributed by atoms with Gasteiger partial charge in [0.1, 0.15) is 0 Å². The monoisotopic (exact) mass is 443 g/mol. The molecule has 3 aromatic rings. The molecule has 3 rings (SSSR count). The fraction of sp³-hybridized carbons (Fsp3) is 0.190. The smallest absolute Gasteiger partial charge is 0.311 e. The van der Waals surface area contributed by atoms with Crippen LogP contribution in [-0.2, 0) is 25.8 Å². The molecule has 156 valence electrons. The predicted molar refractivity (Wildman–Crippen MR) is 117 cm³/mol. The topological polar surface area (TPSA) is 97.7 Å². The van der Waals surface area contributed by atoms with E-state index >= 15 is 0 Å². The van der Waals surface area contributed by atoms with Crippen LogP contribution in [0.3, 0.4) is 0 Å². The highest BCUT2D eigenvalue weighted by atomic mass is 32.2. The van der Waals surface area contributed by atoms with Gasteiger partial charge in [-0.05, 0) is 43.7 Å². The number of carbonyl (C=O) groups excluding carboxylic acids is 1. The first-order valence-electron chi connectivity index (χ1n) is 9.19. The first-order valence-corrected chi connectivity index (χ1v) is 11.6. The standard InChI is InChI=1S/C21H21N3O4S2/c1-3-28-20(25)12-17-14-29-21(23-17)24-22-13-16-6-10-19(11-7-16)30(26,27)18-8-4-15(2)5-9-18/h4-11,13-14H,3,12H2,1-2H3,(H,23,24). The van der Waals surface area contributed by atoms with Crippen LogP contribution < -0.4 is 5.43 Å². The van der Waals surface area contributed by atoms with E-state index in [4.69, 9.17) is 4.74 Å². The van der Waals surface area contributed by atoms with Gasteiger partial charge in [0.15, 0.2) is 0 Å². The van der Waals surface area contributed by atoms with E-state index in [0.29, 0.717) is 17.4 Å². The third-order valence-electron chi connectivity index (χ3n) is 4.08.